The van der Waals surface area contributed by atoms with Gasteiger partial charge in [-0.2, -0.15) is 4.98 Å². The number of rotatable bonds is 7. The predicted molar refractivity (Wildman–Crippen MR) is 126 cm³/mol. The smallest absolute Gasteiger partial charge is 0.254 e. The van der Waals surface area contributed by atoms with E-state index in [1.807, 2.05) is 24.3 Å². The van der Waals surface area contributed by atoms with Crippen LogP contribution in [-0.2, 0) is 4.79 Å². The number of aromatic nitrogens is 2. The number of carbonyl (C=O) groups excluding carboxylic acids is 2. The van der Waals surface area contributed by atoms with E-state index in [4.69, 9.17) is 14.0 Å². The molecule has 1 aromatic heterocycles. The number of ether oxygens (including phenoxy) is 2. The van der Waals surface area contributed by atoms with E-state index in [0.717, 1.165) is 18.4 Å². The number of likely N-dealkylation sites (tertiary alicyclic amines) is 1. The van der Waals surface area contributed by atoms with Crippen molar-refractivity contribution in [3.8, 4) is 22.9 Å². The largest absolute Gasteiger partial charge is 0.497 e. The summed E-state index contributed by atoms with van der Waals surface area (Å²) < 4.78 is 16.2. The number of nitrogens with zero attached hydrogens (tertiary/aromatic N) is 3. The third kappa shape index (κ3) is 5.19. The lowest BCUT2D eigenvalue weighted by molar-refractivity contribution is -0.115. The molecule has 0 unspecified atom stereocenters. The van der Waals surface area contributed by atoms with Crippen molar-refractivity contribution in [2.75, 3.05) is 32.6 Å². The summed E-state index contributed by atoms with van der Waals surface area (Å²) in [5.74, 6) is 1.86. The van der Waals surface area contributed by atoms with Gasteiger partial charge in [0, 0.05) is 42.4 Å². The molecule has 1 N–H and O–H groups in total. The van der Waals surface area contributed by atoms with Crippen LogP contribution in [0.2, 0.25) is 0 Å². The molecule has 0 saturated carbocycles. The first-order valence-electron chi connectivity index (χ1n) is 11.3. The van der Waals surface area contributed by atoms with E-state index in [9.17, 15) is 9.59 Å². The lowest BCUT2D eigenvalue weighted by atomic mass is 9.97. The van der Waals surface area contributed by atoms with Crippen molar-refractivity contribution >= 4 is 17.5 Å². The van der Waals surface area contributed by atoms with Gasteiger partial charge in [0.1, 0.15) is 11.5 Å². The summed E-state index contributed by atoms with van der Waals surface area (Å²) >= 11 is 0. The maximum atomic E-state index is 13.2. The van der Waals surface area contributed by atoms with Crippen LogP contribution in [0.5, 0.6) is 11.5 Å². The van der Waals surface area contributed by atoms with Crippen LogP contribution < -0.4 is 14.8 Å². The first kappa shape index (κ1) is 23.3. The highest BCUT2D eigenvalue weighted by molar-refractivity contribution is 5.95. The second-order valence-corrected chi connectivity index (χ2v) is 8.13. The number of piperidine rings is 1. The molecule has 2 aromatic carbocycles. The van der Waals surface area contributed by atoms with Crippen molar-refractivity contribution < 1.29 is 23.6 Å². The summed E-state index contributed by atoms with van der Waals surface area (Å²) in [6.07, 6.45) is 2.07. The summed E-state index contributed by atoms with van der Waals surface area (Å²) in [7, 11) is 3.11. The minimum absolute atomic E-state index is 0.0607. The maximum absolute atomic E-state index is 13.2. The second kappa shape index (κ2) is 10.4. The molecule has 0 spiro atoms. The number of hydrogen-bond donors (Lipinski definition) is 1. The summed E-state index contributed by atoms with van der Waals surface area (Å²) in [4.78, 5) is 31.3. The van der Waals surface area contributed by atoms with Gasteiger partial charge in [0.15, 0.2) is 0 Å². The van der Waals surface area contributed by atoms with Crippen molar-refractivity contribution in [1.82, 2.24) is 15.0 Å². The van der Waals surface area contributed by atoms with Crippen molar-refractivity contribution in [3.05, 3.63) is 53.9 Å². The van der Waals surface area contributed by atoms with Crippen LogP contribution in [0.1, 0.15) is 48.4 Å². The van der Waals surface area contributed by atoms with Crippen LogP contribution >= 0.6 is 0 Å². The highest BCUT2D eigenvalue weighted by atomic mass is 16.5. The molecule has 1 aliphatic heterocycles. The van der Waals surface area contributed by atoms with Gasteiger partial charge >= 0.3 is 0 Å². The van der Waals surface area contributed by atoms with Crippen molar-refractivity contribution in [3.63, 3.8) is 0 Å². The molecule has 1 atom stereocenters. The quantitative estimate of drug-likeness (QED) is 0.560. The number of carbonyl (C=O) groups is 2. The minimum atomic E-state index is -0.0963. The summed E-state index contributed by atoms with van der Waals surface area (Å²) in [5, 5.41) is 6.98. The molecule has 0 aliphatic carbocycles. The molecule has 1 fully saturated rings. The molecule has 3 aromatic rings. The van der Waals surface area contributed by atoms with Crippen LogP contribution in [0.4, 0.5) is 5.69 Å². The predicted octanol–water partition coefficient (Wildman–Crippen LogP) is 4.12. The first-order chi connectivity index (χ1) is 16.5. The van der Waals surface area contributed by atoms with E-state index in [1.165, 1.54) is 0 Å². The monoisotopic (exact) mass is 464 g/mol. The Bertz CT molecular complexity index is 1150. The Morgan fingerprint density at radius 3 is 2.62 bits per heavy atom. The fourth-order valence-electron chi connectivity index (χ4n) is 3.98. The third-order valence-corrected chi connectivity index (χ3v) is 5.82. The van der Waals surface area contributed by atoms with E-state index in [0.29, 0.717) is 54.0 Å². The van der Waals surface area contributed by atoms with Gasteiger partial charge in [0.25, 0.3) is 5.91 Å². The zero-order valence-corrected chi connectivity index (χ0v) is 19.5. The molecule has 1 aliphatic rings. The minimum Gasteiger partial charge on any atom is -0.497 e. The summed E-state index contributed by atoms with van der Waals surface area (Å²) in [5.41, 5.74) is 1.93. The number of nitrogens with one attached hydrogen (secondary N) is 1. The van der Waals surface area contributed by atoms with E-state index < -0.39 is 0 Å². The topological polar surface area (TPSA) is 107 Å². The molecule has 9 heteroatoms. The zero-order chi connectivity index (χ0) is 24.1. The Kier molecular flexibility index (Phi) is 7.10. The molecule has 2 amide bonds. The summed E-state index contributed by atoms with van der Waals surface area (Å²) in [6.45, 7) is 2.93. The van der Waals surface area contributed by atoms with E-state index in [1.54, 1.807) is 44.2 Å². The molecule has 2 heterocycles. The number of anilines is 1. The molecular formula is C25H28N4O5. The van der Waals surface area contributed by atoms with Crippen molar-refractivity contribution in [2.24, 2.45) is 0 Å². The highest BCUT2D eigenvalue weighted by Crippen LogP contribution is 2.30. The van der Waals surface area contributed by atoms with E-state index in [2.05, 4.69) is 15.5 Å². The van der Waals surface area contributed by atoms with Crippen molar-refractivity contribution in [1.29, 1.82) is 0 Å². The molecule has 0 bridgehead atoms. The second-order valence-electron chi connectivity index (χ2n) is 8.13. The zero-order valence-electron chi connectivity index (χ0n) is 19.5. The fourth-order valence-corrected chi connectivity index (χ4v) is 3.98. The molecule has 4 rings (SSSR count). The number of methoxy groups -OCH3 is 2. The van der Waals surface area contributed by atoms with E-state index >= 15 is 0 Å². The normalized spacial score (nSPS) is 15.6. The third-order valence-electron chi connectivity index (χ3n) is 5.82. The van der Waals surface area contributed by atoms with Crippen molar-refractivity contribution in [2.45, 2.75) is 32.1 Å². The van der Waals surface area contributed by atoms with Gasteiger partial charge in [-0.1, -0.05) is 24.2 Å². The Morgan fingerprint density at radius 1 is 1.15 bits per heavy atom. The number of benzene rings is 2. The van der Waals surface area contributed by atoms with Gasteiger partial charge in [0.2, 0.25) is 17.6 Å². The first-order valence-corrected chi connectivity index (χ1v) is 11.3. The molecule has 34 heavy (non-hydrogen) atoms. The lowest BCUT2D eigenvalue weighted by Crippen LogP contribution is -2.39. The highest BCUT2D eigenvalue weighted by Gasteiger charge is 2.29. The van der Waals surface area contributed by atoms with Gasteiger partial charge in [-0.3, -0.25) is 9.59 Å². The van der Waals surface area contributed by atoms with Gasteiger partial charge in [-0.25, -0.2) is 0 Å². The Labute approximate surface area is 198 Å². The standard InChI is InChI=1S/C25H28N4O5/c1-4-22(30)26-19-9-5-7-16(11-19)23-27-24(34-28-23)17-8-6-10-29(15-17)25(31)18-12-20(32-2)14-21(13-18)33-3/h5,7,9,11-14,17H,4,6,8,10,15H2,1-3H3,(H,26,30)/t17-/m1/s1. The molecular weight excluding hydrogens is 436 g/mol. The average Bonchev–Trinajstić information content (AvgIpc) is 3.38. The SMILES string of the molecule is CCC(=O)Nc1cccc(-c2noc([C@@H]3CCCN(C(=O)c4cc(OC)cc(OC)c4)C3)n2)c1. The van der Waals surface area contributed by atoms with Gasteiger partial charge in [-0.15, -0.1) is 0 Å². The van der Waals surface area contributed by atoms with Crippen LogP contribution in [0.3, 0.4) is 0 Å². The molecule has 1 saturated heterocycles. The van der Waals surface area contributed by atoms with Crippen LogP contribution in [0.15, 0.2) is 47.0 Å². The Morgan fingerprint density at radius 2 is 1.91 bits per heavy atom. The Balaban J connectivity index is 1.49. The van der Waals surface area contributed by atoms with Crippen LogP contribution in [0, 0.1) is 0 Å². The fraction of sp³-hybridized carbons (Fsp3) is 0.360. The van der Waals surface area contributed by atoms with Gasteiger partial charge < -0.3 is 24.2 Å². The van der Waals surface area contributed by atoms with Crippen LogP contribution in [0.25, 0.3) is 11.4 Å². The molecule has 0 radical (unpaired) electrons. The number of hydrogen-bond acceptors (Lipinski definition) is 7. The van der Waals surface area contributed by atoms with Gasteiger partial charge in [-0.05, 0) is 37.1 Å². The average molecular weight is 465 g/mol. The number of amides is 2. The van der Waals surface area contributed by atoms with Crippen LogP contribution in [-0.4, -0.2) is 54.2 Å². The van der Waals surface area contributed by atoms with Gasteiger partial charge in [0.05, 0.1) is 20.1 Å². The van der Waals surface area contributed by atoms with E-state index in [-0.39, 0.29) is 17.7 Å². The maximum Gasteiger partial charge on any atom is 0.254 e. The molecule has 178 valence electrons. The lowest BCUT2D eigenvalue weighted by Gasteiger charge is -2.31. The summed E-state index contributed by atoms with van der Waals surface area (Å²) in [6, 6.07) is 12.5. The Hall–Kier alpha value is -3.88. The molecule has 9 nitrogen and oxygen atoms in total.